The molecular formula is C22H28FIN4O. The van der Waals surface area contributed by atoms with Crippen molar-refractivity contribution in [3.63, 3.8) is 0 Å². The number of hydrogen-bond donors (Lipinski definition) is 3. The molecule has 1 aliphatic rings. The van der Waals surface area contributed by atoms with Crippen molar-refractivity contribution in [3.8, 4) is 0 Å². The second kappa shape index (κ2) is 10.6. The molecule has 0 spiro atoms. The average Bonchev–Trinajstić information content (AvgIpc) is 3.51. The minimum Gasteiger partial charge on any atom is -0.356 e. The maximum atomic E-state index is 14.1. The van der Waals surface area contributed by atoms with Gasteiger partial charge in [-0.1, -0.05) is 30.3 Å². The molecule has 0 unspecified atom stereocenters. The van der Waals surface area contributed by atoms with Crippen molar-refractivity contribution in [1.29, 1.82) is 0 Å². The number of guanidine groups is 1. The zero-order valence-corrected chi connectivity index (χ0v) is 19.1. The van der Waals surface area contributed by atoms with Gasteiger partial charge in [0.25, 0.3) is 5.91 Å². The highest BCUT2D eigenvalue weighted by molar-refractivity contribution is 14.0. The summed E-state index contributed by atoms with van der Waals surface area (Å²) in [5.74, 6) is 0.473. The Bertz CT molecular complexity index is 867. The number of nitrogens with one attached hydrogen (secondary N) is 3. The fourth-order valence-corrected chi connectivity index (χ4v) is 3.39. The van der Waals surface area contributed by atoms with Gasteiger partial charge in [-0.05, 0) is 48.6 Å². The van der Waals surface area contributed by atoms with Crippen LogP contribution < -0.4 is 16.0 Å². The van der Waals surface area contributed by atoms with Crippen molar-refractivity contribution >= 4 is 35.8 Å². The number of aliphatic imine (C=N–C) groups is 1. The van der Waals surface area contributed by atoms with Gasteiger partial charge in [-0.15, -0.1) is 24.0 Å². The number of carbonyl (C=O) groups is 1. The summed E-state index contributed by atoms with van der Waals surface area (Å²) in [6.45, 7) is 1.34. The summed E-state index contributed by atoms with van der Waals surface area (Å²) in [4.78, 5) is 16.0. The fourth-order valence-electron chi connectivity index (χ4n) is 3.39. The summed E-state index contributed by atoms with van der Waals surface area (Å²) in [5.41, 5.74) is 2.38. The van der Waals surface area contributed by atoms with E-state index in [9.17, 15) is 9.18 Å². The van der Waals surface area contributed by atoms with Crippen LogP contribution in [0.1, 0.15) is 34.3 Å². The van der Waals surface area contributed by atoms with Gasteiger partial charge in [-0.2, -0.15) is 0 Å². The van der Waals surface area contributed by atoms with Crippen LogP contribution in [0.4, 0.5) is 4.39 Å². The Hall–Kier alpha value is -2.16. The topological polar surface area (TPSA) is 65.5 Å². The van der Waals surface area contributed by atoms with Crippen LogP contribution in [0.25, 0.3) is 0 Å². The average molecular weight is 510 g/mol. The molecule has 1 aliphatic carbocycles. The lowest BCUT2D eigenvalue weighted by atomic mass is 9.95. The van der Waals surface area contributed by atoms with Gasteiger partial charge in [-0.25, -0.2) is 4.39 Å². The summed E-state index contributed by atoms with van der Waals surface area (Å²) >= 11 is 0. The second-order valence-electron chi connectivity index (χ2n) is 7.14. The molecule has 0 saturated heterocycles. The lowest BCUT2D eigenvalue weighted by Gasteiger charge is -2.19. The third-order valence-corrected chi connectivity index (χ3v) is 5.24. The normalized spacial score (nSPS) is 14.5. The first-order valence-electron chi connectivity index (χ1n) is 9.58. The molecule has 0 aromatic heterocycles. The monoisotopic (exact) mass is 510 g/mol. The number of halogens is 2. The molecular weight excluding hydrogens is 482 g/mol. The number of rotatable bonds is 7. The Kier molecular flexibility index (Phi) is 8.43. The summed E-state index contributed by atoms with van der Waals surface area (Å²) in [6.07, 6.45) is 2.72. The van der Waals surface area contributed by atoms with E-state index in [1.54, 1.807) is 26.2 Å². The van der Waals surface area contributed by atoms with Crippen LogP contribution in [0.3, 0.4) is 0 Å². The largest absolute Gasteiger partial charge is 0.356 e. The molecule has 5 nitrogen and oxygen atoms in total. The Morgan fingerprint density at radius 2 is 1.90 bits per heavy atom. The molecule has 2 aromatic rings. The molecule has 0 radical (unpaired) electrons. The number of benzene rings is 2. The van der Waals surface area contributed by atoms with Gasteiger partial charge in [0.05, 0.1) is 0 Å². The highest BCUT2D eigenvalue weighted by Gasteiger charge is 2.45. The van der Waals surface area contributed by atoms with Crippen LogP contribution in [0.2, 0.25) is 0 Å². The third-order valence-electron chi connectivity index (χ3n) is 5.24. The van der Waals surface area contributed by atoms with E-state index in [1.165, 1.54) is 6.07 Å². The van der Waals surface area contributed by atoms with Gasteiger partial charge in [0, 0.05) is 38.2 Å². The van der Waals surface area contributed by atoms with Crippen LogP contribution in [-0.2, 0) is 11.8 Å². The molecule has 1 amide bonds. The summed E-state index contributed by atoms with van der Waals surface area (Å²) in [6, 6.07) is 14.6. The summed E-state index contributed by atoms with van der Waals surface area (Å²) < 4.78 is 14.1. The first-order valence-corrected chi connectivity index (χ1v) is 9.58. The van der Waals surface area contributed by atoms with Crippen LogP contribution in [0.5, 0.6) is 0 Å². The van der Waals surface area contributed by atoms with E-state index < -0.39 is 0 Å². The van der Waals surface area contributed by atoms with E-state index in [4.69, 9.17) is 0 Å². The Morgan fingerprint density at radius 1 is 1.14 bits per heavy atom. The Balaban J connectivity index is 0.00000300. The molecule has 7 heteroatoms. The molecule has 2 aromatic carbocycles. The molecule has 1 saturated carbocycles. The van der Waals surface area contributed by atoms with E-state index >= 15 is 0 Å². The predicted molar refractivity (Wildman–Crippen MR) is 126 cm³/mol. The number of carbonyl (C=O) groups excluding carboxylic acids is 1. The molecule has 1 fully saturated rings. The Morgan fingerprint density at radius 3 is 2.55 bits per heavy atom. The van der Waals surface area contributed by atoms with Gasteiger partial charge in [0.2, 0.25) is 0 Å². The van der Waals surface area contributed by atoms with Crippen LogP contribution in [0, 0.1) is 5.82 Å². The van der Waals surface area contributed by atoms with Gasteiger partial charge in [0.15, 0.2) is 5.96 Å². The summed E-state index contributed by atoms with van der Waals surface area (Å²) in [7, 11) is 3.35. The van der Waals surface area contributed by atoms with Crippen LogP contribution >= 0.6 is 24.0 Å². The minimum atomic E-state index is -0.138. The second-order valence-corrected chi connectivity index (χ2v) is 7.14. The molecule has 29 heavy (non-hydrogen) atoms. The van der Waals surface area contributed by atoms with E-state index in [0.29, 0.717) is 24.6 Å². The highest BCUT2D eigenvalue weighted by atomic mass is 127. The van der Waals surface area contributed by atoms with Crippen LogP contribution in [0.15, 0.2) is 53.5 Å². The SMILES string of the molecule is CN=C(NCCc1cccc(C(=O)NC)c1)NCC1(c2ccccc2F)CC1.I. The van der Waals surface area contributed by atoms with E-state index in [2.05, 4.69) is 20.9 Å². The quantitative estimate of drug-likeness (QED) is 0.305. The first kappa shape index (κ1) is 23.1. The number of hydrogen-bond acceptors (Lipinski definition) is 2. The van der Waals surface area contributed by atoms with Gasteiger partial charge in [0.1, 0.15) is 5.82 Å². The maximum absolute atomic E-state index is 14.1. The van der Waals surface area contributed by atoms with Gasteiger partial charge >= 0.3 is 0 Å². The lowest BCUT2D eigenvalue weighted by molar-refractivity contribution is 0.0963. The molecule has 0 heterocycles. The standard InChI is InChI=1S/C22H27FN4O.HI/c1-24-20(28)17-7-5-6-16(14-17)10-13-26-21(25-2)27-15-22(11-12-22)18-8-3-4-9-19(18)23;/h3-9,14H,10-13,15H2,1-2H3,(H,24,28)(H2,25,26,27);1H. The lowest BCUT2D eigenvalue weighted by Crippen LogP contribution is -2.42. The molecule has 0 bridgehead atoms. The minimum absolute atomic E-state index is 0. The van der Waals surface area contributed by atoms with Gasteiger partial charge < -0.3 is 16.0 Å². The van der Waals surface area contributed by atoms with E-state index in [-0.39, 0.29) is 41.1 Å². The van der Waals surface area contributed by atoms with E-state index in [0.717, 1.165) is 30.4 Å². The molecule has 156 valence electrons. The van der Waals surface area contributed by atoms with Crippen molar-refractivity contribution in [2.45, 2.75) is 24.7 Å². The highest BCUT2D eigenvalue weighted by Crippen LogP contribution is 2.48. The third kappa shape index (κ3) is 5.91. The van der Waals surface area contributed by atoms with E-state index in [1.807, 2.05) is 30.3 Å². The molecule has 0 atom stereocenters. The van der Waals surface area contributed by atoms with Crippen molar-refractivity contribution in [3.05, 3.63) is 71.0 Å². The smallest absolute Gasteiger partial charge is 0.251 e. The fraction of sp³-hybridized carbons (Fsp3) is 0.364. The van der Waals surface area contributed by atoms with Crippen molar-refractivity contribution in [2.75, 3.05) is 27.2 Å². The molecule has 3 N–H and O–H groups in total. The molecule has 3 rings (SSSR count). The predicted octanol–water partition coefficient (Wildman–Crippen LogP) is 3.24. The van der Waals surface area contributed by atoms with Crippen molar-refractivity contribution in [2.24, 2.45) is 4.99 Å². The summed E-state index contributed by atoms with van der Waals surface area (Å²) in [5, 5.41) is 9.26. The zero-order chi connectivity index (χ0) is 20.0. The Labute approximate surface area is 188 Å². The van der Waals surface area contributed by atoms with Crippen molar-refractivity contribution < 1.29 is 9.18 Å². The maximum Gasteiger partial charge on any atom is 0.251 e. The van der Waals surface area contributed by atoms with Crippen molar-refractivity contribution in [1.82, 2.24) is 16.0 Å². The molecule has 0 aliphatic heterocycles. The zero-order valence-electron chi connectivity index (χ0n) is 16.8. The number of nitrogens with zero attached hydrogens (tertiary/aromatic N) is 1. The number of amides is 1. The van der Waals surface area contributed by atoms with Gasteiger partial charge in [-0.3, -0.25) is 9.79 Å². The van der Waals surface area contributed by atoms with Crippen LogP contribution in [-0.4, -0.2) is 39.1 Å². The first-order chi connectivity index (χ1) is 13.6.